The third-order valence-electron chi connectivity index (χ3n) is 3.47. The van der Waals surface area contributed by atoms with Crippen molar-refractivity contribution < 1.29 is 12.8 Å². The van der Waals surface area contributed by atoms with Gasteiger partial charge in [-0.1, -0.05) is 6.07 Å². The molecule has 8 heteroatoms. The van der Waals surface area contributed by atoms with Crippen molar-refractivity contribution in [3.8, 4) is 0 Å². The fourth-order valence-corrected chi connectivity index (χ4v) is 3.96. The fraction of sp³-hybridized carbons (Fsp3) is 0.385. The van der Waals surface area contributed by atoms with Gasteiger partial charge in [0.15, 0.2) is 0 Å². The largest absolute Gasteiger partial charge is 0.368 e. The van der Waals surface area contributed by atoms with E-state index < -0.39 is 15.8 Å². The number of para-hydroxylation sites is 1. The van der Waals surface area contributed by atoms with Gasteiger partial charge in [0.05, 0.1) is 5.75 Å². The van der Waals surface area contributed by atoms with Crippen LogP contribution < -0.4 is 5.32 Å². The Hall–Kier alpha value is -1.80. The van der Waals surface area contributed by atoms with Gasteiger partial charge in [0.2, 0.25) is 10.0 Å². The predicted molar refractivity (Wildman–Crippen MR) is 78.0 cm³/mol. The van der Waals surface area contributed by atoms with E-state index in [0.717, 1.165) is 0 Å². The van der Waals surface area contributed by atoms with Gasteiger partial charge in [-0.15, -0.1) is 0 Å². The van der Waals surface area contributed by atoms with Crippen molar-refractivity contribution in [2.75, 3.05) is 30.7 Å². The number of hydrogen-bond donors (Lipinski definition) is 1. The molecule has 0 aliphatic carbocycles. The number of benzene rings is 1. The molecule has 2 aromatic rings. The molecule has 2 heterocycles. The Labute approximate surface area is 122 Å². The monoisotopic (exact) mass is 310 g/mol. The smallest absolute Gasteiger partial charge is 0.214 e. The number of sulfonamides is 1. The number of nitrogens with one attached hydrogen (secondary N) is 1. The van der Waals surface area contributed by atoms with Gasteiger partial charge in [0.25, 0.3) is 0 Å². The molecule has 3 rings (SSSR count). The molecule has 1 N–H and O–H groups in total. The SMILES string of the molecule is O=S1(=O)CCCN1CCNc1ncnc2c(F)cccc12. The molecular formula is C13H15FN4O2S. The van der Waals surface area contributed by atoms with Crippen LogP contribution in [0.5, 0.6) is 0 Å². The lowest BCUT2D eigenvalue weighted by Crippen LogP contribution is -2.30. The third kappa shape index (κ3) is 2.81. The Kier molecular flexibility index (Phi) is 3.73. The molecule has 0 radical (unpaired) electrons. The number of fused-ring (bicyclic) bond motifs is 1. The van der Waals surface area contributed by atoms with Crippen LogP contribution in [0.15, 0.2) is 24.5 Å². The molecule has 112 valence electrons. The number of hydrogen-bond acceptors (Lipinski definition) is 5. The van der Waals surface area contributed by atoms with Crippen molar-refractivity contribution in [1.82, 2.24) is 14.3 Å². The normalized spacial score (nSPS) is 18.1. The zero-order chi connectivity index (χ0) is 14.9. The lowest BCUT2D eigenvalue weighted by Gasteiger charge is -2.15. The maximum absolute atomic E-state index is 13.6. The number of rotatable bonds is 4. The summed E-state index contributed by atoms with van der Waals surface area (Å²) in [6.07, 6.45) is 1.96. The van der Waals surface area contributed by atoms with Crippen molar-refractivity contribution in [3.05, 3.63) is 30.3 Å². The summed E-state index contributed by atoms with van der Waals surface area (Å²) in [6.45, 7) is 1.36. The average Bonchev–Trinajstić information content (AvgIpc) is 2.79. The summed E-state index contributed by atoms with van der Waals surface area (Å²) in [5.41, 5.74) is 0.254. The summed E-state index contributed by atoms with van der Waals surface area (Å²) in [7, 11) is -3.09. The van der Waals surface area contributed by atoms with Gasteiger partial charge in [-0.2, -0.15) is 0 Å². The molecule has 0 spiro atoms. The molecule has 21 heavy (non-hydrogen) atoms. The van der Waals surface area contributed by atoms with Crippen LogP contribution in [0, 0.1) is 5.82 Å². The van der Waals surface area contributed by atoms with Gasteiger partial charge in [0.1, 0.15) is 23.5 Å². The molecule has 0 amide bonds. The lowest BCUT2D eigenvalue weighted by atomic mass is 10.2. The number of halogens is 1. The highest BCUT2D eigenvalue weighted by molar-refractivity contribution is 7.89. The zero-order valence-electron chi connectivity index (χ0n) is 11.3. The maximum atomic E-state index is 13.6. The van der Waals surface area contributed by atoms with Crippen LogP contribution in [0.3, 0.4) is 0 Å². The van der Waals surface area contributed by atoms with E-state index in [4.69, 9.17) is 0 Å². The van der Waals surface area contributed by atoms with Crippen LogP contribution in [0.4, 0.5) is 10.2 Å². The molecule has 0 unspecified atom stereocenters. The lowest BCUT2D eigenvalue weighted by molar-refractivity contribution is 0.456. The van der Waals surface area contributed by atoms with E-state index in [2.05, 4.69) is 15.3 Å². The minimum absolute atomic E-state index is 0.217. The predicted octanol–water partition coefficient (Wildman–Crippen LogP) is 1.22. The Morgan fingerprint density at radius 2 is 2.19 bits per heavy atom. The Morgan fingerprint density at radius 1 is 1.33 bits per heavy atom. The molecule has 1 fully saturated rings. The molecule has 1 aromatic heterocycles. The second-order valence-corrected chi connectivity index (χ2v) is 6.94. The van der Waals surface area contributed by atoms with E-state index >= 15 is 0 Å². The second-order valence-electron chi connectivity index (χ2n) is 4.85. The first-order valence-corrected chi connectivity index (χ1v) is 8.30. The third-order valence-corrected chi connectivity index (χ3v) is 5.43. The van der Waals surface area contributed by atoms with Crippen LogP contribution in [0.2, 0.25) is 0 Å². The summed E-state index contributed by atoms with van der Waals surface area (Å²) >= 11 is 0. The van der Waals surface area contributed by atoms with Crippen molar-refractivity contribution >= 4 is 26.7 Å². The molecule has 0 bridgehead atoms. The Morgan fingerprint density at radius 3 is 2.95 bits per heavy atom. The van der Waals surface area contributed by atoms with E-state index in [9.17, 15) is 12.8 Å². The molecule has 1 aromatic carbocycles. The van der Waals surface area contributed by atoms with E-state index in [0.29, 0.717) is 37.3 Å². The first-order chi connectivity index (χ1) is 10.1. The van der Waals surface area contributed by atoms with Gasteiger partial charge in [-0.3, -0.25) is 0 Å². The average molecular weight is 310 g/mol. The topological polar surface area (TPSA) is 75.2 Å². The summed E-state index contributed by atoms with van der Waals surface area (Å²) in [5.74, 6) is 0.324. The van der Waals surface area contributed by atoms with Crippen LogP contribution in [-0.4, -0.2) is 48.1 Å². The molecule has 0 atom stereocenters. The number of anilines is 1. The van der Waals surface area contributed by atoms with Crippen LogP contribution in [0.25, 0.3) is 10.9 Å². The van der Waals surface area contributed by atoms with E-state index in [-0.39, 0.29) is 11.3 Å². The molecule has 1 aliphatic rings. The van der Waals surface area contributed by atoms with Crippen LogP contribution in [0.1, 0.15) is 6.42 Å². The number of nitrogens with zero attached hydrogens (tertiary/aromatic N) is 3. The molecular weight excluding hydrogens is 295 g/mol. The van der Waals surface area contributed by atoms with Crippen molar-refractivity contribution in [3.63, 3.8) is 0 Å². The van der Waals surface area contributed by atoms with E-state index in [1.54, 1.807) is 12.1 Å². The van der Waals surface area contributed by atoms with Gasteiger partial charge < -0.3 is 5.32 Å². The zero-order valence-corrected chi connectivity index (χ0v) is 12.1. The first-order valence-electron chi connectivity index (χ1n) is 6.69. The van der Waals surface area contributed by atoms with Crippen molar-refractivity contribution in [1.29, 1.82) is 0 Å². The molecule has 1 saturated heterocycles. The summed E-state index contributed by atoms with van der Waals surface area (Å²) in [6, 6.07) is 4.67. The van der Waals surface area contributed by atoms with Crippen molar-refractivity contribution in [2.45, 2.75) is 6.42 Å². The minimum Gasteiger partial charge on any atom is -0.368 e. The van der Waals surface area contributed by atoms with Crippen molar-refractivity contribution in [2.24, 2.45) is 0 Å². The van der Waals surface area contributed by atoms with Gasteiger partial charge >= 0.3 is 0 Å². The quantitative estimate of drug-likeness (QED) is 0.919. The second kappa shape index (κ2) is 5.53. The highest BCUT2D eigenvalue weighted by atomic mass is 32.2. The standard InChI is InChI=1S/C13H15FN4O2S/c14-11-4-1-3-10-12(11)16-9-17-13(10)15-5-7-18-6-2-8-21(18,19)20/h1,3-4,9H,2,5-8H2,(H,15,16,17). The summed E-state index contributed by atoms with van der Waals surface area (Å²) in [4.78, 5) is 8.01. The first kappa shape index (κ1) is 14.2. The van der Waals surface area contributed by atoms with Crippen LogP contribution in [-0.2, 0) is 10.0 Å². The minimum atomic E-state index is -3.09. The number of aromatic nitrogens is 2. The summed E-state index contributed by atoms with van der Waals surface area (Å²) in [5, 5.41) is 3.64. The van der Waals surface area contributed by atoms with Gasteiger partial charge in [-0.25, -0.2) is 27.1 Å². The fourth-order valence-electron chi connectivity index (χ4n) is 2.43. The maximum Gasteiger partial charge on any atom is 0.214 e. The van der Waals surface area contributed by atoms with E-state index in [1.165, 1.54) is 16.7 Å². The van der Waals surface area contributed by atoms with Crippen LogP contribution >= 0.6 is 0 Å². The molecule has 0 saturated carbocycles. The Bertz CT molecular complexity index is 766. The highest BCUT2D eigenvalue weighted by Crippen LogP contribution is 2.21. The van der Waals surface area contributed by atoms with E-state index in [1.807, 2.05) is 0 Å². The van der Waals surface area contributed by atoms with Gasteiger partial charge in [0, 0.05) is 25.0 Å². The molecule has 6 nitrogen and oxygen atoms in total. The molecule has 1 aliphatic heterocycles. The highest BCUT2D eigenvalue weighted by Gasteiger charge is 2.27. The Balaban J connectivity index is 1.73. The van der Waals surface area contributed by atoms with Gasteiger partial charge in [-0.05, 0) is 18.6 Å². The summed E-state index contributed by atoms with van der Waals surface area (Å²) < 4.78 is 38.5.